The Morgan fingerprint density at radius 2 is 1.79 bits per heavy atom. The van der Waals surface area contributed by atoms with Gasteiger partial charge in [0.05, 0.1) is 29.0 Å². The molecule has 1 aliphatic heterocycles. The summed E-state index contributed by atoms with van der Waals surface area (Å²) >= 11 is 0. The van der Waals surface area contributed by atoms with E-state index in [0.29, 0.717) is 17.9 Å². The van der Waals surface area contributed by atoms with Crippen molar-refractivity contribution in [2.24, 2.45) is 0 Å². The number of fused-ring (bicyclic) bond motifs is 3. The fraction of sp³-hybridized carbons (Fsp3) is 0.520. The van der Waals surface area contributed by atoms with Gasteiger partial charge < -0.3 is 20.1 Å². The van der Waals surface area contributed by atoms with Crippen LogP contribution in [0.4, 0.5) is 17.5 Å². The molecule has 1 saturated heterocycles. The number of rotatable bonds is 5. The Morgan fingerprint density at radius 1 is 0.939 bits per heavy atom. The molecule has 7 rings (SSSR count). The van der Waals surface area contributed by atoms with Gasteiger partial charge in [-0.2, -0.15) is 0 Å². The van der Waals surface area contributed by atoms with Crippen LogP contribution in [0.15, 0.2) is 24.5 Å². The van der Waals surface area contributed by atoms with Crippen LogP contribution in [-0.2, 0) is 6.42 Å². The summed E-state index contributed by atoms with van der Waals surface area (Å²) in [5, 5.41) is 6.72. The first kappa shape index (κ1) is 19.5. The Hall–Kier alpha value is -3.00. The van der Waals surface area contributed by atoms with Crippen molar-refractivity contribution in [1.29, 1.82) is 0 Å². The van der Waals surface area contributed by atoms with Crippen molar-refractivity contribution in [3.8, 4) is 11.4 Å². The van der Waals surface area contributed by atoms with Gasteiger partial charge in [-0.15, -0.1) is 0 Å². The number of aromatic nitrogens is 5. The molecule has 0 atom stereocenters. The van der Waals surface area contributed by atoms with Crippen molar-refractivity contribution in [2.75, 3.05) is 36.4 Å². The monoisotopic (exact) mass is 442 g/mol. The summed E-state index contributed by atoms with van der Waals surface area (Å²) in [4.78, 5) is 21.7. The van der Waals surface area contributed by atoms with Crippen LogP contribution in [0, 0.1) is 0 Å². The van der Waals surface area contributed by atoms with Crippen LogP contribution in [0.3, 0.4) is 0 Å². The topological polar surface area (TPSA) is 83.8 Å². The Labute approximate surface area is 193 Å². The maximum Gasteiger partial charge on any atom is 0.228 e. The first-order chi connectivity index (χ1) is 16.3. The lowest BCUT2D eigenvalue weighted by molar-refractivity contribution is 0.502. The lowest BCUT2D eigenvalue weighted by Gasteiger charge is -2.29. The number of nitrogens with zero attached hydrogens (tertiary/aromatic N) is 6. The van der Waals surface area contributed by atoms with Crippen LogP contribution < -0.4 is 15.5 Å². The number of piperazine rings is 1. The van der Waals surface area contributed by atoms with Crippen molar-refractivity contribution in [1.82, 2.24) is 29.8 Å². The summed E-state index contributed by atoms with van der Waals surface area (Å²) in [7, 11) is 0. The van der Waals surface area contributed by atoms with Crippen LogP contribution in [-0.4, -0.2) is 50.7 Å². The highest BCUT2D eigenvalue weighted by Crippen LogP contribution is 2.48. The molecule has 2 saturated carbocycles. The minimum Gasteiger partial charge on any atom is -0.368 e. The van der Waals surface area contributed by atoms with Crippen LogP contribution in [0.1, 0.15) is 67.6 Å². The van der Waals surface area contributed by atoms with Gasteiger partial charge in [-0.05, 0) is 37.8 Å². The summed E-state index contributed by atoms with van der Waals surface area (Å²) in [6.07, 6.45) is 12.5. The predicted octanol–water partition coefficient (Wildman–Crippen LogP) is 3.79. The number of pyridine rings is 1. The van der Waals surface area contributed by atoms with Crippen molar-refractivity contribution in [3.63, 3.8) is 0 Å². The van der Waals surface area contributed by atoms with Crippen LogP contribution in [0.5, 0.6) is 0 Å². The molecule has 0 radical (unpaired) electrons. The van der Waals surface area contributed by atoms with Crippen LogP contribution >= 0.6 is 0 Å². The molecule has 0 aromatic carbocycles. The minimum atomic E-state index is 0.577. The molecule has 0 amide bonds. The Kier molecular flexibility index (Phi) is 4.60. The van der Waals surface area contributed by atoms with E-state index < -0.39 is 0 Å². The Balaban J connectivity index is 1.18. The molecule has 3 aromatic rings. The fourth-order valence-corrected chi connectivity index (χ4v) is 5.70. The highest BCUT2D eigenvalue weighted by molar-refractivity contribution is 5.71. The summed E-state index contributed by atoms with van der Waals surface area (Å²) in [6, 6.07) is 4.73. The molecule has 0 unspecified atom stereocenters. The number of imidazole rings is 1. The van der Waals surface area contributed by atoms with E-state index in [-0.39, 0.29) is 0 Å². The quantitative estimate of drug-likeness (QED) is 0.487. The lowest BCUT2D eigenvalue weighted by atomic mass is 10.2. The normalized spacial score (nSPS) is 20.2. The van der Waals surface area contributed by atoms with E-state index >= 15 is 0 Å². The smallest absolute Gasteiger partial charge is 0.228 e. The SMILES string of the molecule is c1cc(Nc2ncc3c(n2)-c2c(nc(C4CC4)n2C2CCCC2)C3)ncc1N1CCNCC1. The van der Waals surface area contributed by atoms with Gasteiger partial charge in [0, 0.05) is 56.3 Å². The third-order valence-corrected chi connectivity index (χ3v) is 7.56. The molecule has 4 aliphatic rings. The van der Waals surface area contributed by atoms with Gasteiger partial charge in [-0.25, -0.2) is 19.9 Å². The van der Waals surface area contributed by atoms with E-state index in [1.54, 1.807) is 0 Å². The molecule has 33 heavy (non-hydrogen) atoms. The molecule has 3 aromatic heterocycles. The zero-order chi connectivity index (χ0) is 21.8. The van der Waals surface area contributed by atoms with E-state index in [9.17, 15) is 0 Å². The van der Waals surface area contributed by atoms with Gasteiger partial charge in [0.1, 0.15) is 11.6 Å². The lowest BCUT2D eigenvalue weighted by Crippen LogP contribution is -2.43. The third kappa shape index (κ3) is 3.47. The van der Waals surface area contributed by atoms with E-state index in [0.717, 1.165) is 49.8 Å². The van der Waals surface area contributed by atoms with Crippen LogP contribution in [0.25, 0.3) is 11.4 Å². The second kappa shape index (κ2) is 7.80. The standard InChI is InChI=1S/C25H30N8/c1-2-4-18(3-1)33-23-20(29-24(33)16-5-6-16)13-17-14-28-25(31-22(17)23)30-21-8-7-19(15-27-21)32-11-9-26-10-12-32/h7-8,14-16,18,26H,1-6,9-13H2,(H,27,28,30,31). The molecule has 4 heterocycles. The number of anilines is 3. The Bertz CT molecular complexity index is 1170. The molecular weight excluding hydrogens is 412 g/mol. The minimum absolute atomic E-state index is 0.577. The van der Waals surface area contributed by atoms with Gasteiger partial charge in [0.25, 0.3) is 0 Å². The highest BCUT2D eigenvalue weighted by Gasteiger charge is 2.38. The summed E-state index contributed by atoms with van der Waals surface area (Å²) in [6.45, 7) is 4.07. The average Bonchev–Trinajstić information content (AvgIpc) is 3.26. The molecule has 8 heteroatoms. The van der Waals surface area contributed by atoms with Crippen molar-refractivity contribution >= 4 is 17.5 Å². The van der Waals surface area contributed by atoms with E-state index in [2.05, 4.69) is 36.1 Å². The first-order valence-corrected chi connectivity index (χ1v) is 12.5. The van der Waals surface area contributed by atoms with Gasteiger partial charge in [0.2, 0.25) is 5.95 Å². The molecule has 170 valence electrons. The second-order valence-electron chi connectivity index (χ2n) is 9.86. The molecule has 8 nitrogen and oxygen atoms in total. The molecular formula is C25H30N8. The third-order valence-electron chi connectivity index (χ3n) is 7.56. The van der Waals surface area contributed by atoms with E-state index in [1.807, 2.05) is 18.5 Å². The Morgan fingerprint density at radius 3 is 2.55 bits per heavy atom. The van der Waals surface area contributed by atoms with Gasteiger partial charge in [-0.3, -0.25) is 0 Å². The second-order valence-corrected chi connectivity index (χ2v) is 9.86. The predicted molar refractivity (Wildman–Crippen MR) is 128 cm³/mol. The van der Waals surface area contributed by atoms with Gasteiger partial charge in [-0.1, -0.05) is 12.8 Å². The summed E-state index contributed by atoms with van der Waals surface area (Å²) in [5.74, 6) is 3.35. The van der Waals surface area contributed by atoms with Gasteiger partial charge >= 0.3 is 0 Å². The highest BCUT2D eigenvalue weighted by atomic mass is 15.2. The van der Waals surface area contributed by atoms with Crippen molar-refractivity contribution < 1.29 is 0 Å². The largest absolute Gasteiger partial charge is 0.368 e. The molecule has 3 aliphatic carbocycles. The molecule has 3 fully saturated rings. The van der Waals surface area contributed by atoms with E-state index in [1.165, 1.54) is 61.3 Å². The van der Waals surface area contributed by atoms with Crippen molar-refractivity contribution in [3.05, 3.63) is 41.6 Å². The molecule has 2 N–H and O–H groups in total. The average molecular weight is 443 g/mol. The zero-order valence-electron chi connectivity index (χ0n) is 18.9. The maximum atomic E-state index is 5.13. The van der Waals surface area contributed by atoms with E-state index in [4.69, 9.17) is 9.97 Å². The number of hydrogen-bond donors (Lipinski definition) is 2. The number of hydrogen-bond acceptors (Lipinski definition) is 7. The zero-order valence-corrected chi connectivity index (χ0v) is 18.9. The summed E-state index contributed by atoms with van der Waals surface area (Å²) in [5.41, 5.74) is 5.87. The number of nitrogens with one attached hydrogen (secondary N) is 2. The fourth-order valence-electron chi connectivity index (χ4n) is 5.70. The summed E-state index contributed by atoms with van der Waals surface area (Å²) < 4.78 is 2.57. The molecule has 0 spiro atoms. The maximum absolute atomic E-state index is 5.13. The molecule has 0 bridgehead atoms. The first-order valence-electron chi connectivity index (χ1n) is 12.5. The van der Waals surface area contributed by atoms with Crippen molar-refractivity contribution in [2.45, 2.75) is 56.9 Å². The van der Waals surface area contributed by atoms with Crippen LogP contribution in [0.2, 0.25) is 0 Å². The van der Waals surface area contributed by atoms with Gasteiger partial charge in [0.15, 0.2) is 0 Å².